The fourth-order valence-corrected chi connectivity index (χ4v) is 2.39. The Bertz CT molecular complexity index is 361. The maximum Gasteiger partial charge on any atom is 0.118 e. The zero-order chi connectivity index (χ0) is 13.0. The quantitative estimate of drug-likeness (QED) is 0.808. The first kappa shape index (κ1) is 13.4. The van der Waals surface area contributed by atoms with Crippen LogP contribution in [-0.4, -0.2) is 25.4 Å². The van der Waals surface area contributed by atoms with E-state index in [0.29, 0.717) is 31.0 Å². The molecule has 2 rings (SSSR count). The van der Waals surface area contributed by atoms with Crippen molar-refractivity contribution in [3.8, 4) is 5.75 Å². The van der Waals surface area contributed by atoms with Crippen molar-refractivity contribution in [2.45, 2.75) is 20.0 Å². The summed E-state index contributed by atoms with van der Waals surface area (Å²) in [6.45, 7) is 3.94. The number of hydrogen-bond acceptors (Lipinski definition) is 3. The summed E-state index contributed by atoms with van der Waals surface area (Å²) < 4.78 is 10.8. The number of hydrogen-bond donors (Lipinski definition) is 1. The Labute approximate surface area is 109 Å². The summed E-state index contributed by atoms with van der Waals surface area (Å²) in [4.78, 5) is 0. The molecule has 0 aromatic heterocycles. The van der Waals surface area contributed by atoms with Gasteiger partial charge in [0.25, 0.3) is 0 Å². The lowest BCUT2D eigenvalue weighted by molar-refractivity contribution is 0.0823. The van der Waals surface area contributed by atoms with Crippen LogP contribution in [-0.2, 0) is 11.3 Å². The fraction of sp³-hybridized carbons (Fsp3) is 0.600. The Hall–Kier alpha value is -1.06. The first-order chi connectivity index (χ1) is 8.74. The van der Waals surface area contributed by atoms with Gasteiger partial charge >= 0.3 is 0 Å². The van der Waals surface area contributed by atoms with Crippen molar-refractivity contribution in [2.75, 3.05) is 20.3 Å². The van der Waals surface area contributed by atoms with Gasteiger partial charge in [-0.1, -0.05) is 19.1 Å². The number of aliphatic hydroxyl groups is 1. The molecule has 3 nitrogen and oxygen atoms in total. The highest BCUT2D eigenvalue weighted by atomic mass is 16.5. The average molecular weight is 250 g/mol. The Morgan fingerprint density at radius 2 is 2.06 bits per heavy atom. The van der Waals surface area contributed by atoms with Crippen LogP contribution in [0.2, 0.25) is 0 Å². The number of benzene rings is 1. The van der Waals surface area contributed by atoms with Crippen LogP contribution < -0.4 is 4.74 Å². The standard InChI is InChI=1S/C15H22O3/c1-11(15-7-13(15)8-16)9-18-10-12-3-5-14(17-2)6-4-12/h3-6,11,13,15-16H,7-10H2,1-2H3/t11-,13-,15+/m0/s1. The number of rotatable bonds is 7. The normalized spacial score (nSPS) is 23.7. The SMILES string of the molecule is COc1ccc(COC[C@H](C)[C@H]2C[C@H]2CO)cc1. The predicted molar refractivity (Wildman–Crippen MR) is 70.5 cm³/mol. The fourth-order valence-electron chi connectivity index (χ4n) is 2.39. The second kappa shape index (κ2) is 6.21. The third kappa shape index (κ3) is 3.47. The molecule has 100 valence electrons. The van der Waals surface area contributed by atoms with E-state index in [-0.39, 0.29) is 0 Å². The lowest BCUT2D eigenvalue weighted by Crippen LogP contribution is -2.10. The van der Waals surface area contributed by atoms with E-state index in [9.17, 15) is 0 Å². The lowest BCUT2D eigenvalue weighted by Gasteiger charge is -2.11. The Balaban J connectivity index is 1.68. The Morgan fingerprint density at radius 1 is 1.33 bits per heavy atom. The molecule has 3 atom stereocenters. The first-order valence-electron chi connectivity index (χ1n) is 6.56. The lowest BCUT2D eigenvalue weighted by atomic mass is 10.1. The van der Waals surface area contributed by atoms with Crippen molar-refractivity contribution in [1.82, 2.24) is 0 Å². The molecule has 0 bridgehead atoms. The Morgan fingerprint density at radius 3 is 2.61 bits per heavy atom. The molecule has 0 radical (unpaired) electrons. The molecule has 1 aliphatic carbocycles. The van der Waals surface area contributed by atoms with Gasteiger partial charge in [0.2, 0.25) is 0 Å². The average Bonchev–Trinajstić information content (AvgIpc) is 3.19. The van der Waals surface area contributed by atoms with Crippen LogP contribution in [0.3, 0.4) is 0 Å². The minimum Gasteiger partial charge on any atom is -0.497 e. The van der Waals surface area contributed by atoms with Crippen LogP contribution in [0.5, 0.6) is 5.75 Å². The molecule has 0 heterocycles. The molecule has 1 aromatic carbocycles. The summed E-state index contributed by atoms with van der Waals surface area (Å²) in [7, 11) is 1.67. The molecule has 0 aliphatic heterocycles. The van der Waals surface area contributed by atoms with E-state index in [1.807, 2.05) is 24.3 Å². The van der Waals surface area contributed by atoms with E-state index in [0.717, 1.165) is 24.3 Å². The van der Waals surface area contributed by atoms with Gasteiger partial charge in [-0.15, -0.1) is 0 Å². The minimum absolute atomic E-state index is 0.327. The monoisotopic (exact) mass is 250 g/mol. The van der Waals surface area contributed by atoms with Crippen molar-refractivity contribution >= 4 is 0 Å². The van der Waals surface area contributed by atoms with Crippen LogP contribution in [0.25, 0.3) is 0 Å². The van der Waals surface area contributed by atoms with Crippen molar-refractivity contribution in [3.05, 3.63) is 29.8 Å². The molecule has 1 N–H and O–H groups in total. The molecule has 1 fully saturated rings. The van der Waals surface area contributed by atoms with Gasteiger partial charge in [-0.2, -0.15) is 0 Å². The molecule has 0 amide bonds. The highest BCUT2D eigenvalue weighted by Crippen LogP contribution is 2.43. The molecule has 0 unspecified atom stereocenters. The zero-order valence-electron chi connectivity index (χ0n) is 11.1. The summed E-state index contributed by atoms with van der Waals surface area (Å²) in [6, 6.07) is 7.95. The molecular formula is C15H22O3. The van der Waals surface area contributed by atoms with Crippen LogP contribution in [0, 0.1) is 17.8 Å². The summed E-state index contributed by atoms with van der Waals surface area (Å²) in [5, 5.41) is 9.03. The third-order valence-electron chi connectivity index (χ3n) is 3.75. The number of methoxy groups -OCH3 is 1. The van der Waals surface area contributed by atoms with Crippen molar-refractivity contribution in [1.29, 1.82) is 0 Å². The van der Waals surface area contributed by atoms with E-state index in [4.69, 9.17) is 14.6 Å². The van der Waals surface area contributed by atoms with Crippen molar-refractivity contribution in [3.63, 3.8) is 0 Å². The van der Waals surface area contributed by atoms with Crippen LogP contribution in [0.4, 0.5) is 0 Å². The van der Waals surface area contributed by atoms with Gasteiger partial charge < -0.3 is 14.6 Å². The third-order valence-corrected chi connectivity index (χ3v) is 3.75. The smallest absolute Gasteiger partial charge is 0.118 e. The highest BCUT2D eigenvalue weighted by Gasteiger charge is 2.40. The van der Waals surface area contributed by atoms with Gasteiger partial charge in [0.05, 0.1) is 13.7 Å². The number of ether oxygens (including phenoxy) is 2. The van der Waals surface area contributed by atoms with Crippen LogP contribution in [0.1, 0.15) is 18.9 Å². The first-order valence-corrected chi connectivity index (χ1v) is 6.56. The summed E-state index contributed by atoms with van der Waals surface area (Å²) >= 11 is 0. The Kier molecular flexibility index (Phi) is 4.61. The van der Waals surface area contributed by atoms with E-state index in [1.165, 1.54) is 0 Å². The van der Waals surface area contributed by atoms with Gasteiger partial charge in [0, 0.05) is 13.2 Å². The molecular weight excluding hydrogens is 228 g/mol. The van der Waals surface area contributed by atoms with Gasteiger partial charge in [-0.25, -0.2) is 0 Å². The zero-order valence-corrected chi connectivity index (χ0v) is 11.1. The molecule has 1 saturated carbocycles. The van der Waals surface area contributed by atoms with E-state index in [1.54, 1.807) is 7.11 Å². The molecule has 1 aromatic rings. The van der Waals surface area contributed by atoms with E-state index >= 15 is 0 Å². The second-order valence-corrected chi connectivity index (χ2v) is 5.18. The second-order valence-electron chi connectivity index (χ2n) is 5.18. The topological polar surface area (TPSA) is 38.7 Å². The van der Waals surface area contributed by atoms with Gasteiger partial charge in [-0.05, 0) is 41.9 Å². The van der Waals surface area contributed by atoms with Crippen LogP contribution >= 0.6 is 0 Å². The summed E-state index contributed by atoms with van der Waals surface area (Å²) in [5.74, 6) is 2.59. The largest absolute Gasteiger partial charge is 0.497 e. The van der Waals surface area contributed by atoms with Crippen molar-refractivity contribution < 1.29 is 14.6 Å². The van der Waals surface area contributed by atoms with Crippen LogP contribution in [0.15, 0.2) is 24.3 Å². The number of aliphatic hydroxyl groups excluding tert-OH is 1. The van der Waals surface area contributed by atoms with Crippen molar-refractivity contribution in [2.24, 2.45) is 17.8 Å². The molecule has 18 heavy (non-hydrogen) atoms. The molecule has 0 saturated heterocycles. The maximum atomic E-state index is 9.03. The summed E-state index contributed by atoms with van der Waals surface area (Å²) in [6.07, 6.45) is 1.16. The predicted octanol–water partition coefficient (Wildman–Crippen LogP) is 2.48. The van der Waals surface area contributed by atoms with E-state index in [2.05, 4.69) is 6.92 Å². The summed E-state index contributed by atoms with van der Waals surface area (Å²) in [5.41, 5.74) is 1.16. The van der Waals surface area contributed by atoms with E-state index < -0.39 is 0 Å². The molecule has 1 aliphatic rings. The highest BCUT2D eigenvalue weighted by molar-refractivity contribution is 5.26. The van der Waals surface area contributed by atoms with Gasteiger partial charge in [-0.3, -0.25) is 0 Å². The minimum atomic E-state index is 0.327. The molecule has 3 heteroatoms. The molecule has 0 spiro atoms. The van der Waals surface area contributed by atoms with Gasteiger partial charge in [0.1, 0.15) is 5.75 Å². The maximum absolute atomic E-state index is 9.03. The van der Waals surface area contributed by atoms with Gasteiger partial charge in [0.15, 0.2) is 0 Å².